The van der Waals surface area contributed by atoms with Gasteiger partial charge in [-0.2, -0.15) is 0 Å². The fraction of sp³-hybridized carbons (Fsp3) is 0.556. The quantitative estimate of drug-likeness (QED) is 0.419. The van der Waals surface area contributed by atoms with E-state index in [0.29, 0.717) is 18.4 Å². The molecule has 3 amide bonds. The van der Waals surface area contributed by atoms with E-state index < -0.39 is 41.6 Å². The van der Waals surface area contributed by atoms with Crippen LogP contribution in [0.5, 0.6) is 0 Å². The van der Waals surface area contributed by atoms with Gasteiger partial charge < -0.3 is 25.0 Å². The number of benzene rings is 1. The topological polar surface area (TPSA) is 114 Å². The van der Waals surface area contributed by atoms with Gasteiger partial charge in [0.2, 0.25) is 11.8 Å². The largest absolute Gasteiger partial charge is 0.468 e. The molecule has 0 aliphatic heterocycles. The van der Waals surface area contributed by atoms with Gasteiger partial charge in [0.05, 0.1) is 7.11 Å². The zero-order chi connectivity index (χ0) is 27.5. The van der Waals surface area contributed by atoms with Gasteiger partial charge in [0, 0.05) is 6.54 Å². The third kappa shape index (κ3) is 9.36. The van der Waals surface area contributed by atoms with Gasteiger partial charge in [0.15, 0.2) is 0 Å². The number of nitrogens with one attached hydrogen (secondary N) is 2. The van der Waals surface area contributed by atoms with Crippen LogP contribution in [0.4, 0.5) is 4.79 Å². The fourth-order valence-electron chi connectivity index (χ4n) is 3.56. The second kappa shape index (κ2) is 14.3. The molecule has 3 atom stereocenters. The molecule has 3 unspecified atom stereocenters. The van der Waals surface area contributed by atoms with E-state index in [2.05, 4.69) is 21.9 Å². The Labute approximate surface area is 214 Å². The molecule has 0 spiro atoms. The highest BCUT2D eigenvalue weighted by Crippen LogP contribution is 2.26. The maximum Gasteiger partial charge on any atom is 0.408 e. The van der Waals surface area contributed by atoms with Crippen molar-refractivity contribution < 1.29 is 28.7 Å². The summed E-state index contributed by atoms with van der Waals surface area (Å²) in [5, 5.41) is 5.29. The van der Waals surface area contributed by atoms with Crippen LogP contribution < -0.4 is 10.6 Å². The van der Waals surface area contributed by atoms with Crippen molar-refractivity contribution in [3.63, 3.8) is 0 Å². The summed E-state index contributed by atoms with van der Waals surface area (Å²) in [4.78, 5) is 53.1. The van der Waals surface area contributed by atoms with Crippen molar-refractivity contribution >= 4 is 30.0 Å². The third-order valence-electron chi connectivity index (χ3n) is 5.56. The van der Waals surface area contributed by atoms with Crippen molar-refractivity contribution in [2.24, 2.45) is 5.92 Å². The summed E-state index contributed by atoms with van der Waals surface area (Å²) in [6, 6.07) is 5.14. The SMILES string of the molecule is C=Cc1cccc(C(C(=O)NCC(=O)OC)N(CCC)C(=O)C(NC(=O)OC(C)(C)C)C(C)CC)c1. The molecule has 1 rings (SSSR count). The maximum absolute atomic E-state index is 14.0. The minimum absolute atomic E-state index is 0.234. The number of alkyl carbamates (subject to hydrolysis) is 1. The Kier molecular flexibility index (Phi) is 12.1. The minimum Gasteiger partial charge on any atom is -0.468 e. The molecule has 200 valence electrons. The average Bonchev–Trinajstić information content (AvgIpc) is 2.83. The van der Waals surface area contributed by atoms with Crippen molar-refractivity contribution in [2.45, 2.75) is 72.1 Å². The number of esters is 1. The number of rotatable bonds is 12. The smallest absolute Gasteiger partial charge is 0.408 e. The molecule has 1 aromatic rings. The molecule has 1 aromatic carbocycles. The highest BCUT2D eigenvalue weighted by Gasteiger charge is 2.37. The molecule has 0 aromatic heterocycles. The van der Waals surface area contributed by atoms with Crippen LogP contribution in [-0.2, 0) is 23.9 Å². The van der Waals surface area contributed by atoms with E-state index in [1.54, 1.807) is 45.0 Å². The molecule has 0 saturated heterocycles. The molecule has 0 aliphatic carbocycles. The Balaban J connectivity index is 3.49. The Morgan fingerprint density at radius 1 is 1.17 bits per heavy atom. The molecule has 36 heavy (non-hydrogen) atoms. The molecule has 0 radical (unpaired) electrons. The van der Waals surface area contributed by atoms with Crippen LogP contribution in [0.2, 0.25) is 0 Å². The number of hydrogen-bond donors (Lipinski definition) is 2. The molecule has 0 saturated carbocycles. The molecule has 0 bridgehead atoms. The van der Waals surface area contributed by atoms with Crippen LogP contribution >= 0.6 is 0 Å². The van der Waals surface area contributed by atoms with Gasteiger partial charge in [-0.05, 0) is 50.3 Å². The number of hydrogen-bond acceptors (Lipinski definition) is 6. The first kappa shape index (κ1) is 30.7. The van der Waals surface area contributed by atoms with Crippen LogP contribution in [0, 0.1) is 5.92 Å². The summed E-state index contributed by atoms with van der Waals surface area (Å²) in [7, 11) is 1.23. The van der Waals surface area contributed by atoms with Crippen LogP contribution in [0.1, 0.15) is 71.6 Å². The summed E-state index contributed by atoms with van der Waals surface area (Å²) in [6.07, 6.45) is 2.10. The summed E-state index contributed by atoms with van der Waals surface area (Å²) in [6.45, 7) is 14.6. The van der Waals surface area contributed by atoms with Crippen LogP contribution in [0.15, 0.2) is 30.8 Å². The van der Waals surface area contributed by atoms with E-state index in [1.807, 2.05) is 26.8 Å². The molecular weight excluding hydrogens is 462 g/mol. The van der Waals surface area contributed by atoms with E-state index in [-0.39, 0.29) is 19.0 Å². The fourth-order valence-corrected chi connectivity index (χ4v) is 3.56. The number of methoxy groups -OCH3 is 1. The van der Waals surface area contributed by atoms with Crippen molar-refractivity contribution in [3.05, 3.63) is 42.0 Å². The normalized spacial score (nSPS) is 13.5. The first-order valence-electron chi connectivity index (χ1n) is 12.2. The lowest BCUT2D eigenvalue weighted by Gasteiger charge is -2.36. The maximum atomic E-state index is 14.0. The van der Waals surface area contributed by atoms with Gasteiger partial charge in [-0.1, -0.05) is 58.0 Å². The second-order valence-corrected chi connectivity index (χ2v) is 9.61. The van der Waals surface area contributed by atoms with E-state index in [9.17, 15) is 19.2 Å². The van der Waals surface area contributed by atoms with Gasteiger partial charge in [0.25, 0.3) is 0 Å². The van der Waals surface area contributed by atoms with Gasteiger partial charge in [0.1, 0.15) is 24.2 Å². The standard InChI is InChI=1S/C27H41N3O6/c1-9-15-30(25(33)22(18(4)10-2)29-26(34)36-27(5,6)7)23(24(32)28-17-21(31)35-8)20-14-12-13-19(11-3)16-20/h11-14,16,18,22-23H,3,9-10,15,17H2,1-2,4-8H3,(H,28,32)(H,29,34). The number of carbonyl (C=O) groups is 4. The van der Waals surface area contributed by atoms with E-state index in [4.69, 9.17) is 4.74 Å². The summed E-state index contributed by atoms with van der Waals surface area (Å²) in [5.41, 5.74) is 0.585. The van der Waals surface area contributed by atoms with Crippen LogP contribution in [-0.4, -0.2) is 60.6 Å². The third-order valence-corrected chi connectivity index (χ3v) is 5.56. The van der Waals surface area contributed by atoms with E-state index >= 15 is 0 Å². The lowest BCUT2D eigenvalue weighted by Crippen LogP contribution is -2.55. The number of carbonyl (C=O) groups excluding carboxylic acids is 4. The first-order valence-corrected chi connectivity index (χ1v) is 12.2. The average molecular weight is 504 g/mol. The molecular formula is C27H41N3O6. The molecule has 9 heteroatoms. The Morgan fingerprint density at radius 3 is 2.36 bits per heavy atom. The van der Waals surface area contributed by atoms with Gasteiger partial charge in [-0.3, -0.25) is 14.4 Å². The number of ether oxygens (including phenoxy) is 2. The zero-order valence-corrected chi connectivity index (χ0v) is 22.6. The predicted octanol–water partition coefficient (Wildman–Crippen LogP) is 3.84. The number of amides is 3. The lowest BCUT2D eigenvalue weighted by molar-refractivity contribution is -0.145. The monoisotopic (exact) mass is 503 g/mol. The van der Waals surface area contributed by atoms with Crippen molar-refractivity contribution in [1.29, 1.82) is 0 Å². The van der Waals surface area contributed by atoms with Crippen LogP contribution in [0.25, 0.3) is 6.08 Å². The number of nitrogens with zero attached hydrogens (tertiary/aromatic N) is 1. The van der Waals surface area contributed by atoms with Crippen LogP contribution in [0.3, 0.4) is 0 Å². The highest BCUT2D eigenvalue weighted by atomic mass is 16.6. The molecule has 0 fully saturated rings. The molecule has 0 heterocycles. The zero-order valence-electron chi connectivity index (χ0n) is 22.6. The Bertz CT molecular complexity index is 924. The Hall–Kier alpha value is -3.36. The minimum atomic E-state index is -1.05. The highest BCUT2D eigenvalue weighted by molar-refractivity contribution is 5.93. The first-order chi connectivity index (χ1) is 16.9. The second-order valence-electron chi connectivity index (χ2n) is 9.61. The summed E-state index contributed by atoms with van der Waals surface area (Å²) >= 11 is 0. The predicted molar refractivity (Wildman–Crippen MR) is 139 cm³/mol. The van der Waals surface area contributed by atoms with Crippen molar-refractivity contribution in [3.8, 4) is 0 Å². The van der Waals surface area contributed by atoms with Gasteiger partial charge in [-0.25, -0.2) is 4.79 Å². The van der Waals surface area contributed by atoms with E-state index in [1.165, 1.54) is 12.0 Å². The van der Waals surface area contributed by atoms with Crippen molar-refractivity contribution in [1.82, 2.24) is 15.5 Å². The molecule has 9 nitrogen and oxygen atoms in total. The van der Waals surface area contributed by atoms with Gasteiger partial charge >= 0.3 is 12.1 Å². The van der Waals surface area contributed by atoms with E-state index in [0.717, 1.165) is 5.56 Å². The molecule has 0 aliphatic rings. The lowest BCUT2D eigenvalue weighted by atomic mass is 9.95. The summed E-state index contributed by atoms with van der Waals surface area (Å²) in [5.74, 6) is -1.80. The molecule has 2 N–H and O–H groups in total. The van der Waals surface area contributed by atoms with Crippen molar-refractivity contribution in [2.75, 3.05) is 20.2 Å². The Morgan fingerprint density at radius 2 is 1.83 bits per heavy atom. The summed E-state index contributed by atoms with van der Waals surface area (Å²) < 4.78 is 10.0. The van der Waals surface area contributed by atoms with Gasteiger partial charge in [-0.15, -0.1) is 0 Å².